The smallest absolute Gasteiger partial charge is 0.431 e. The molecule has 0 aliphatic carbocycles. The summed E-state index contributed by atoms with van der Waals surface area (Å²) in [7, 11) is 1.89. The number of aromatic nitrogens is 2. The largest absolute Gasteiger partial charge is 0.466 e. The minimum absolute atomic E-state index is 0.149. The number of hydrogen-bond donors (Lipinski definition) is 0. The lowest BCUT2D eigenvalue weighted by Gasteiger charge is -2.20. The first kappa shape index (κ1) is 20.8. The number of methoxy groups -OCH3 is 1. The molecule has 154 valence electrons. The molecule has 0 fully saturated rings. The molecule has 1 aliphatic rings. The van der Waals surface area contributed by atoms with E-state index in [9.17, 15) is 32.3 Å². The molecule has 1 aliphatic heterocycles. The van der Waals surface area contributed by atoms with Crippen molar-refractivity contribution >= 4 is 27.7 Å². The highest BCUT2D eigenvalue weighted by Gasteiger charge is 2.53. The molecule has 8 nitrogen and oxygen atoms in total. The molecule has 12 heteroatoms. The maximum atomic E-state index is 13.1. The predicted octanol–water partition coefficient (Wildman–Crippen LogP) is 1.82. The number of Topliss-reactive ketones (excluding diaryl/α,β-unsaturated/α-hetero) is 1. The first-order valence-electron chi connectivity index (χ1n) is 7.90. The van der Waals surface area contributed by atoms with Crippen molar-refractivity contribution in [2.75, 3.05) is 7.11 Å². The van der Waals surface area contributed by atoms with Crippen LogP contribution in [0.4, 0.5) is 13.2 Å². The average molecular weight is 477 g/mol. The molecule has 2 heterocycles. The van der Waals surface area contributed by atoms with E-state index in [2.05, 4.69) is 20.7 Å². The van der Waals surface area contributed by atoms with Gasteiger partial charge in [0.1, 0.15) is 5.69 Å². The number of carbonyl (C=O) groups is 2. The first-order valence-corrected chi connectivity index (χ1v) is 8.69. The van der Waals surface area contributed by atoms with Gasteiger partial charge in [0.15, 0.2) is 5.75 Å². The van der Waals surface area contributed by atoms with Crippen LogP contribution in [0, 0.1) is 0 Å². The van der Waals surface area contributed by atoms with Gasteiger partial charge in [-0.1, -0.05) is 0 Å². The normalized spacial score (nSPS) is 18.4. The third-order valence-corrected chi connectivity index (χ3v) is 5.14. The number of fused-ring (bicyclic) bond motifs is 1. The molecule has 29 heavy (non-hydrogen) atoms. The Morgan fingerprint density at radius 2 is 1.86 bits per heavy atom. The van der Waals surface area contributed by atoms with Gasteiger partial charge in [0, 0.05) is 17.6 Å². The van der Waals surface area contributed by atoms with Crippen molar-refractivity contribution in [3.8, 4) is 11.4 Å². The highest BCUT2D eigenvalue weighted by Crippen LogP contribution is 2.43. The van der Waals surface area contributed by atoms with E-state index in [0.717, 1.165) is 21.1 Å². The summed E-state index contributed by atoms with van der Waals surface area (Å²) in [5, 5.41) is 0. The van der Waals surface area contributed by atoms with Gasteiger partial charge < -0.3 is 9.47 Å². The highest BCUT2D eigenvalue weighted by molar-refractivity contribution is 9.10. The van der Waals surface area contributed by atoms with Crippen LogP contribution in [-0.2, 0) is 22.8 Å². The number of ketones is 1. The maximum absolute atomic E-state index is 13.1. The Morgan fingerprint density at radius 3 is 2.41 bits per heavy atom. The van der Waals surface area contributed by atoms with Crippen LogP contribution in [0.5, 0.6) is 5.75 Å². The second-order valence-corrected chi connectivity index (χ2v) is 7.12. The fraction of sp³-hybridized carbons (Fsp3) is 0.294. The molecule has 3 rings (SSSR count). The third-order valence-electron chi connectivity index (χ3n) is 4.48. The van der Waals surface area contributed by atoms with E-state index in [1.165, 1.54) is 12.1 Å². The average Bonchev–Trinajstić information content (AvgIpc) is 2.91. The van der Waals surface area contributed by atoms with Gasteiger partial charge in [-0.25, -0.2) is 14.2 Å². The Bertz CT molecular complexity index is 1180. The van der Waals surface area contributed by atoms with Crippen LogP contribution in [0.25, 0.3) is 5.69 Å². The summed E-state index contributed by atoms with van der Waals surface area (Å²) < 4.78 is 50.1. The van der Waals surface area contributed by atoms with Crippen LogP contribution in [0.2, 0.25) is 0 Å². The molecule has 0 N–H and O–H groups in total. The molecule has 0 amide bonds. The van der Waals surface area contributed by atoms with E-state index in [1.807, 2.05) is 0 Å². The zero-order valence-electron chi connectivity index (χ0n) is 15.1. The molecule has 1 aromatic heterocycles. The second kappa shape index (κ2) is 6.58. The molecule has 1 atom stereocenters. The molecule has 0 saturated heterocycles. The molecule has 0 radical (unpaired) electrons. The maximum Gasteiger partial charge on any atom is 0.431 e. The number of esters is 1. The summed E-state index contributed by atoms with van der Waals surface area (Å²) in [6.07, 6.45) is -4.93. The van der Waals surface area contributed by atoms with Gasteiger partial charge in [-0.15, -0.1) is 0 Å². The summed E-state index contributed by atoms with van der Waals surface area (Å²) in [6.45, 7) is 1.14. The van der Waals surface area contributed by atoms with Crippen molar-refractivity contribution in [1.29, 1.82) is 0 Å². The van der Waals surface area contributed by atoms with Gasteiger partial charge in [-0.05, 0) is 35.0 Å². The molecule has 0 spiro atoms. The summed E-state index contributed by atoms with van der Waals surface area (Å²) >= 11 is 3.13. The van der Waals surface area contributed by atoms with E-state index < -0.39 is 40.5 Å². The first-order chi connectivity index (χ1) is 13.3. The Labute approximate surface area is 168 Å². The van der Waals surface area contributed by atoms with E-state index in [0.29, 0.717) is 4.57 Å². The topological polar surface area (TPSA) is 96.6 Å². The third kappa shape index (κ3) is 2.98. The predicted molar refractivity (Wildman–Crippen MR) is 95.4 cm³/mol. The van der Waals surface area contributed by atoms with Gasteiger partial charge >= 0.3 is 17.8 Å². The number of carbonyl (C=O) groups excluding carboxylic acids is 2. The molecule has 0 saturated carbocycles. The van der Waals surface area contributed by atoms with Crippen molar-refractivity contribution in [2.45, 2.75) is 18.7 Å². The van der Waals surface area contributed by atoms with Crippen LogP contribution in [0.15, 0.2) is 32.3 Å². The summed E-state index contributed by atoms with van der Waals surface area (Å²) in [6, 6.07) is 2.77. The molecule has 0 bridgehead atoms. The van der Waals surface area contributed by atoms with Gasteiger partial charge in [0.2, 0.25) is 5.78 Å². The van der Waals surface area contributed by atoms with Crippen LogP contribution in [-0.4, -0.2) is 33.6 Å². The van der Waals surface area contributed by atoms with Crippen LogP contribution in [0.3, 0.4) is 0 Å². The zero-order chi connectivity index (χ0) is 21.9. The number of hydrogen-bond acceptors (Lipinski definition) is 6. The SMILES string of the molecule is COC(=O)C1(C)Oc2c(-n3c(=O)cc(C(F)(F)F)n(C)c3=O)ccc(Br)c2C1=O. The fourth-order valence-corrected chi connectivity index (χ4v) is 3.47. The Hall–Kier alpha value is -2.89. The van der Waals surface area contributed by atoms with Crippen LogP contribution >= 0.6 is 15.9 Å². The molecular weight excluding hydrogens is 465 g/mol. The Balaban J connectivity index is 2.33. The number of benzene rings is 1. The van der Waals surface area contributed by atoms with Crippen molar-refractivity contribution in [3.63, 3.8) is 0 Å². The van der Waals surface area contributed by atoms with Gasteiger partial charge in [-0.3, -0.25) is 14.2 Å². The highest BCUT2D eigenvalue weighted by atomic mass is 79.9. The summed E-state index contributed by atoms with van der Waals surface area (Å²) in [4.78, 5) is 49.8. The standard InChI is InChI=1S/C17H12BrF3N2O6/c1-16(14(26)28-3)13(25)11-7(18)4-5-8(12(11)29-16)23-10(24)6-9(17(19,20)21)22(2)15(23)27/h4-6H,1-3H3. The summed E-state index contributed by atoms with van der Waals surface area (Å²) in [5.41, 5.74) is -6.55. The Morgan fingerprint density at radius 1 is 1.24 bits per heavy atom. The molecule has 1 aromatic carbocycles. The van der Waals surface area contributed by atoms with E-state index in [1.54, 1.807) is 0 Å². The van der Waals surface area contributed by atoms with E-state index >= 15 is 0 Å². The van der Waals surface area contributed by atoms with Gasteiger partial charge in [0.05, 0.1) is 18.4 Å². The second-order valence-electron chi connectivity index (χ2n) is 6.27. The van der Waals surface area contributed by atoms with Crippen LogP contribution < -0.4 is 16.0 Å². The van der Waals surface area contributed by atoms with Crippen molar-refractivity contribution in [2.24, 2.45) is 7.05 Å². The summed E-state index contributed by atoms with van der Waals surface area (Å²) in [5.74, 6) is -2.13. The Kier molecular flexibility index (Phi) is 4.72. The number of alkyl halides is 3. The number of rotatable bonds is 2. The van der Waals surface area contributed by atoms with Crippen molar-refractivity contribution in [3.05, 3.63) is 54.8 Å². The van der Waals surface area contributed by atoms with E-state index in [-0.39, 0.29) is 32.1 Å². The molecule has 2 aromatic rings. The zero-order valence-corrected chi connectivity index (χ0v) is 16.7. The number of halogens is 4. The molecular formula is C17H12BrF3N2O6. The number of nitrogens with zero attached hydrogens (tertiary/aromatic N) is 2. The lowest BCUT2D eigenvalue weighted by molar-refractivity contribution is -0.152. The quantitative estimate of drug-likeness (QED) is 0.484. The molecule has 1 unspecified atom stereocenters. The van der Waals surface area contributed by atoms with Crippen LogP contribution in [0.1, 0.15) is 23.0 Å². The lowest BCUT2D eigenvalue weighted by Crippen LogP contribution is -2.46. The monoisotopic (exact) mass is 476 g/mol. The lowest BCUT2D eigenvalue weighted by atomic mass is 9.97. The van der Waals surface area contributed by atoms with E-state index in [4.69, 9.17) is 4.74 Å². The minimum atomic E-state index is -4.93. The van der Waals surface area contributed by atoms with Crippen molar-refractivity contribution in [1.82, 2.24) is 9.13 Å². The minimum Gasteiger partial charge on any atom is -0.466 e. The number of ether oxygens (including phenoxy) is 2. The fourth-order valence-electron chi connectivity index (χ4n) is 2.98. The van der Waals surface area contributed by atoms with Crippen molar-refractivity contribution < 1.29 is 32.2 Å². The van der Waals surface area contributed by atoms with Gasteiger partial charge in [0.25, 0.3) is 11.2 Å². The van der Waals surface area contributed by atoms with Gasteiger partial charge in [-0.2, -0.15) is 13.2 Å².